The lowest BCUT2D eigenvalue weighted by atomic mass is 9.98. The Morgan fingerprint density at radius 3 is 2.30 bits per heavy atom. The Hall–Kier alpha value is -4.05. The first-order valence-corrected chi connectivity index (χ1v) is 13.9. The van der Waals surface area contributed by atoms with Gasteiger partial charge in [-0.2, -0.15) is 0 Å². The molecule has 0 atom stereocenters. The van der Waals surface area contributed by atoms with Crippen molar-refractivity contribution < 1.29 is 34.1 Å². The van der Waals surface area contributed by atoms with Crippen LogP contribution in [0.2, 0.25) is 0 Å². The van der Waals surface area contributed by atoms with Gasteiger partial charge < -0.3 is 29.9 Å². The third-order valence-corrected chi connectivity index (χ3v) is 8.33. The SMILES string of the molecule is Cc1cc(C)c(NC(=O)N2CCC(COc3cccc(-c4sc(C(=O)O)c(OCC(=O)O)c4C)c3)CC2)c(C)c1. The molecule has 0 unspecified atom stereocenters. The van der Waals surface area contributed by atoms with Crippen molar-refractivity contribution in [1.82, 2.24) is 4.90 Å². The van der Waals surface area contributed by atoms with Crippen molar-refractivity contribution in [2.45, 2.75) is 40.5 Å². The summed E-state index contributed by atoms with van der Waals surface area (Å²) < 4.78 is 11.4. The Kier molecular flexibility index (Phi) is 8.99. The van der Waals surface area contributed by atoms with E-state index in [0.29, 0.717) is 41.8 Å². The van der Waals surface area contributed by atoms with Gasteiger partial charge in [-0.3, -0.25) is 0 Å². The van der Waals surface area contributed by atoms with Crippen LogP contribution in [0.25, 0.3) is 10.4 Å². The Balaban J connectivity index is 1.35. The molecule has 2 heterocycles. The van der Waals surface area contributed by atoms with Crippen molar-refractivity contribution in [3.8, 4) is 21.9 Å². The molecule has 0 aliphatic carbocycles. The second-order valence-electron chi connectivity index (χ2n) is 10.2. The largest absolute Gasteiger partial charge is 0.493 e. The quantitative estimate of drug-likeness (QED) is 0.284. The van der Waals surface area contributed by atoms with Crippen molar-refractivity contribution >= 4 is 35.0 Å². The number of hydrogen-bond donors (Lipinski definition) is 3. The molecule has 0 saturated carbocycles. The minimum atomic E-state index is -1.18. The van der Waals surface area contributed by atoms with Gasteiger partial charge in [-0.25, -0.2) is 14.4 Å². The van der Waals surface area contributed by atoms with Crippen LogP contribution in [0.1, 0.15) is 44.8 Å². The number of urea groups is 1. The monoisotopic (exact) mass is 566 g/mol. The molecule has 2 aromatic carbocycles. The van der Waals surface area contributed by atoms with Crippen LogP contribution in [0.3, 0.4) is 0 Å². The zero-order valence-electron chi connectivity index (χ0n) is 23.1. The second kappa shape index (κ2) is 12.4. The molecule has 9 nitrogen and oxygen atoms in total. The van der Waals surface area contributed by atoms with Crippen molar-refractivity contribution in [3.05, 3.63) is 63.5 Å². The summed E-state index contributed by atoms with van der Waals surface area (Å²) in [6.07, 6.45) is 1.66. The van der Waals surface area contributed by atoms with Crippen LogP contribution in [0, 0.1) is 33.6 Å². The van der Waals surface area contributed by atoms with Crippen molar-refractivity contribution in [1.29, 1.82) is 0 Å². The van der Waals surface area contributed by atoms with Crippen LogP contribution < -0.4 is 14.8 Å². The number of aromatic carboxylic acids is 1. The molecule has 212 valence electrons. The standard InChI is InChI=1S/C30H34N2O7S/c1-17-12-18(2)25(19(3)13-17)31-30(37)32-10-8-21(9-11-32)15-38-23-7-5-6-22(14-23)27-20(4)26(39-16-24(33)34)28(40-27)29(35)36/h5-7,12-14,21H,8-11,15-16H2,1-4H3,(H,31,37)(H,33,34)(H,35,36). The van der Waals surface area contributed by atoms with Crippen LogP contribution in [-0.4, -0.2) is 59.4 Å². The Labute approximate surface area is 237 Å². The van der Waals surface area contributed by atoms with E-state index in [2.05, 4.69) is 17.4 Å². The van der Waals surface area contributed by atoms with E-state index in [1.165, 1.54) is 5.56 Å². The van der Waals surface area contributed by atoms with Gasteiger partial charge >= 0.3 is 18.0 Å². The fourth-order valence-electron chi connectivity index (χ4n) is 5.03. The number of likely N-dealkylation sites (tertiary alicyclic amines) is 1. The van der Waals surface area contributed by atoms with Crippen LogP contribution in [0.5, 0.6) is 11.5 Å². The zero-order valence-corrected chi connectivity index (χ0v) is 23.9. The molecule has 1 saturated heterocycles. The molecule has 1 aliphatic heterocycles. The maximum absolute atomic E-state index is 12.9. The zero-order chi connectivity index (χ0) is 29.0. The summed E-state index contributed by atoms with van der Waals surface area (Å²) in [7, 11) is 0. The molecule has 0 bridgehead atoms. The maximum atomic E-state index is 12.9. The number of thiophene rings is 1. The summed E-state index contributed by atoms with van der Waals surface area (Å²) in [4.78, 5) is 38.1. The summed E-state index contributed by atoms with van der Waals surface area (Å²) in [5, 5.41) is 21.6. The van der Waals surface area contributed by atoms with E-state index in [-0.39, 0.29) is 16.7 Å². The van der Waals surface area contributed by atoms with Gasteiger partial charge in [0.15, 0.2) is 11.5 Å². The van der Waals surface area contributed by atoms with Crippen molar-refractivity contribution in [2.24, 2.45) is 5.92 Å². The lowest BCUT2D eigenvalue weighted by molar-refractivity contribution is -0.139. The van der Waals surface area contributed by atoms with Gasteiger partial charge in [0, 0.05) is 29.2 Å². The number of carbonyl (C=O) groups is 3. The highest BCUT2D eigenvalue weighted by Crippen LogP contribution is 2.42. The number of carboxylic acid groups (broad SMARTS) is 2. The first kappa shape index (κ1) is 28.9. The van der Waals surface area contributed by atoms with Crippen LogP contribution in [0.15, 0.2) is 36.4 Å². The summed E-state index contributed by atoms with van der Waals surface area (Å²) in [6, 6.07) is 11.4. The average Bonchev–Trinajstić information content (AvgIpc) is 3.25. The third-order valence-electron chi connectivity index (χ3n) is 7.02. The summed E-state index contributed by atoms with van der Waals surface area (Å²) in [6.45, 7) is 8.95. The molecule has 2 amide bonds. The number of carbonyl (C=O) groups excluding carboxylic acids is 1. The summed E-state index contributed by atoms with van der Waals surface area (Å²) in [5.74, 6) is -1.32. The van der Waals surface area contributed by atoms with E-state index in [1.54, 1.807) is 6.92 Å². The first-order chi connectivity index (χ1) is 19.0. The molecule has 10 heteroatoms. The molecule has 1 fully saturated rings. The molecular weight excluding hydrogens is 532 g/mol. The van der Waals surface area contributed by atoms with Gasteiger partial charge in [-0.1, -0.05) is 29.8 Å². The number of nitrogens with one attached hydrogen (secondary N) is 1. The van der Waals surface area contributed by atoms with E-state index in [1.807, 2.05) is 49.9 Å². The maximum Gasteiger partial charge on any atom is 0.349 e. The van der Waals surface area contributed by atoms with Gasteiger partial charge in [0.25, 0.3) is 0 Å². The predicted molar refractivity (Wildman–Crippen MR) is 154 cm³/mol. The molecule has 0 spiro atoms. The molecule has 3 aromatic rings. The highest BCUT2D eigenvalue weighted by Gasteiger charge is 2.25. The number of aryl methyl sites for hydroxylation is 3. The predicted octanol–water partition coefficient (Wildman–Crippen LogP) is 6.13. The minimum Gasteiger partial charge on any atom is -0.493 e. The Bertz CT molecular complexity index is 1400. The number of benzene rings is 2. The third kappa shape index (κ3) is 6.74. The van der Waals surface area contributed by atoms with Crippen molar-refractivity contribution in [2.75, 3.05) is 31.6 Å². The van der Waals surface area contributed by atoms with Gasteiger partial charge in [-0.15, -0.1) is 11.3 Å². The number of anilines is 1. The molecule has 4 rings (SSSR count). The summed E-state index contributed by atoms with van der Waals surface area (Å²) >= 11 is 1.04. The molecule has 0 radical (unpaired) electrons. The number of piperidine rings is 1. The number of nitrogens with zero attached hydrogens (tertiary/aromatic N) is 1. The first-order valence-electron chi connectivity index (χ1n) is 13.1. The number of ether oxygens (including phenoxy) is 2. The van der Waals surface area contributed by atoms with E-state index in [4.69, 9.17) is 14.6 Å². The fraction of sp³-hybridized carbons (Fsp3) is 0.367. The second-order valence-corrected chi connectivity index (χ2v) is 11.2. The van der Waals surface area contributed by atoms with Crippen LogP contribution >= 0.6 is 11.3 Å². The van der Waals surface area contributed by atoms with Gasteiger partial charge in [-0.05, 0) is 75.3 Å². The normalized spacial score (nSPS) is 13.7. The number of aliphatic carboxylic acids is 1. The lowest BCUT2D eigenvalue weighted by Gasteiger charge is -2.32. The average molecular weight is 567 g/mol. The smallest absolute Gasteiger partial charge is 0.349 e. The van der Waals surface area contributed by atoms with Crippen LogP contribution in [-0.2, 0) is 4.79 Å². The number of hydrogen-bond acceptors (Lipinski definition) is 6. The van der Waals surface area contributed by atoms with E-state index < -0.39 is 18.5 Å². The van der Waals surface area contributed by atoms with Crippen molar-refractivity contribution in [3.63, 3.8) is 0 Å². The minimum absolute atomic E-state index is 0.0384. The highest BCUT2D eigenvalue weighted by molar-refractivity contribution is 7.18. The van der Waals surface area contributed by atoms with E-state index >= 15 is 0 Å². The summed E-state index contributed by atoms with van der Waals surface area (Å²) in [5.41, 5.74) is 5.49. The fourth-order valence-corrected chi connectivity index (χ4v) is 6.12. The Morgan fingerprint density at radius 1 is 1.00 bits per heavy atom. The number of rotatable bonds is 9. The number of amides is 2. The molecule has 1 aliphatic rings. The number of carboxylic acids is 2. The molecular formula is C30H34N2O7S. The van der Waals surface area contributed by atoms with Gasteiger partial charge in [0.05, 0.1) is 6.61 Å². The van der Waals surface area contributed by atoms with Gasteiger partial charge in [0.1, 0.15) is 11.5 Å². The highest BCUT2D eigenvalue weighted by atomic mass is 32.1. The van der Waals surface area contributed by atoms with Crippen LogP contribution in [0.4, 0.5) is 10.5 Å². The molecule has 1 aromatic heterocycles. The van der Waals surface area contributed by atoms with E-state index in [0.717, 1.165) is 46.6 Å². The molecule has 3 N–H and O–H groups in total. The van der Waals surface area contributed by atoms with E-state index in [9.17, 15) is 19.5 Å². The lowest BCUT2D eigenvalue weighted by Crippen LogP contribution is -2.42. The topological polar surface area (TPSA) is 125 Å². The molecule has 40 heavy (non-hydrogen) atoms. The van der Waals surface area contributed by atoms with Gasteiger partial charge in [0.2, 0.25) is 0 Å². The Morgan fingerprint density at radius 2 is 1.68 bits per heavy atom.